The summed E-state index contributed by atoms with van der Waals surface area (Å²) in [6.45, 7) is 0.449. The summed E-state index contributed by atoms with van der Waals surface area (Å²) in [6, 6.07) is 3.34. The van der Waals surface area contributed by atoms with Gasteiger partial charge in [-0.05, 0) is 31.0 Å². The molecule has 0 unspecified atom stereocenters. The Labute approximate surface area is 109 Å². The Kier molecular flexibility index (Phi) is 2.64. The Bertz CT molecular complexity index is 533. The highest BCUT2D eigenvalue weighted by Crippen LogP contribution is 2.63. The smallest absolute Gasteiger partial charge is 0.312 e. The third-order valence-electron chi connectivity index (χ3n) is 4.38. The third-order valence-corrected chi connectivity index (χ3v) is 4.38. The molecule has 1 aliphatic heterocycles. The molecule has 1 aromatic carbocycles. The second-order valence-electron chi connectivity index (χ2n) is 5.27. The minimum absolute atomic E-state index is 0.224. The first kappa shape index (κ1) is 12.5. The van der Waals surface area contributed by atoms with E-state index in [2.05, 4.69) is 0 Å². The van der Waals surface area contributed by atoms with Crippen molar-refractivity contribution in [3.8, 4) is 0 Å². The summed E-state index contributed by atoms with van der Waals surface area (Å²) in [5.41, 5.74) is -1.32. The van der Waals surface area contributed by atoms with E-state index in [1.54, 1.807) is 0 Å². The summed E-state index contributed by atoms with van der Waals surface area (Å²) < 4.78 is 37.5. The summed E-state index contributed by atoms with van der Waals surface area (Å²) in [5.74, 6) is -1.37. The first-order valence-corrected chi connectivity index (χ1v) is 6.17. The first-order valence-electron chi connectivity index (χ1n) is 6.17. The number of carbonyl (C=O) groups excluding carboxylic acids is 1. The number of benzene rings is 1. The van der Waals surface area contributed by atoms with Crippen molar-refractivity contribution < 1.29 is 23.0 Å². The molecule has 0 radical (unpaired) electrons. The minimum atomic E-state index is -0.785. The number of methoxy groups -OCH3 is 1. The summed E-state index contributed by atoms with van der Waals surface area (Å²) in [7, 11) is 1.32. The van der Waals surface area contributed by atoms with E-state index in [1.165, 1.54) is 13.2 Å². The fraction of sp³-hybridized carbons (Fsp3) is 0.500. The highest BCUT2D eigenvalue weighted by molar-refractivity contribution is 5.82. The van der Waals surface area contributed by atoms with Crippen LogP contribution in [0.5, 0.6) is 0 Å². The van der Waals surface area contributed by atoms with Crippen molar-refractivity contribution in [1.29, 1.82) is 0 Å². The van der Waals surface area contributed by atoms with E-state index in [-0.39, 0.29) is 24.7 Å². The molecule has 1 saturated heterocycles. The van der Waals surface area contributed by atoms with E-state index in [0.29, 0.717) is 12.8 Å². The zero-order chi connectivity index (χ0) is 13.7. The van der Waals surface area contributed by atoms with Crippen LogP contribution in [-0.4, -0.2) is 26.3 Å². The summed E-state index contributed by atoms with van der Waals surface area (Å²) in [5, 5.41) is 0. The highest BCUT2D eigenvalue weighted by Gasteiger charge is 2.69. The summed E-state index contributed by atoms with van der Waals surface area (Å²) >= 11 is 0. The molecule has 1 aromatic rings. The van der Waals surface area contributed by atoms with Gasteiger partial charge in [-0.2, -0.15) is 0 Å². The molecular weight excluding hydrogens is 254 g/mol. The lowest BCUT2D eigenvalue weighted by atomic mass is 9.66. The van der Waals surface area contributed by atoms with Crippen LogP contribution in [0.3, 0.4) is 0 Å². The molecule has 0 atom stereocenters. The molecule has 0 spiro atoms. The zero-order valence-electron chi connectivity index (χ0n) is 10.5. The van der Waals surface area contributed by atoms with Crippen LogP contribution in [0.4, 0.5) is 8.78 Å². The van der Waals surface area contributed by atoms with Gasteiger partial charge in [-0.3, -0.25) is 4.79 Å². The van der Waals surface area contributed by atoms with Gasteiger partial charge in [0.1, 0.15) is 11.6 Å². The van der Waals surface area contributed by atoms with E-state index < -0.39 is 22.5 Å². The van der Waals surface area contributed by atoms with Crippen molar-refractivity contribution >= 4 is 5.97 Å². The van der Waals surface area contributed by atoms with Crippen LogP contribution in [0.15, 0.2) is 18.2 Å². The first-order chi connectivity index (χ1) is 9.06. The molecule has 3 nitrogen and oxygen atoms in total. The van der Waals surface area contributed by atoms with Gasteiger partial charge in [-0.15, -0.1) is 0 Å². The standard InChI is InChI=1S/C14H14F2O3/c1-18-12(17)13(4-5-13)14(7-19-8-14)10-6-9(15)2-3-11(10)16/h2-3,6H,4-5,7-8H2,1H3. The summed E-state index contributed by atoms with van der Waals surface area (Å²) in [6.07, 6.45) is 1.25. The van der Waals surface area contributed by atoms with Gasteiger partial charge >= 0.3 is 5.97 Å². The molecule has 102 valence electrons. The van der Waals surface area contributed by atoms with Crippen LogP contribution in [-0.2, 0) is 19.7 Å². The number of carbonyl (C=O) groups is 1. The number of halogens is 2. The van der Waals surface area contributed by atoms with Gasteiger partial charge < -0.3 is 9.47 Å². The lowest BCUT2D eigenvalue weighted by Gasteiger charge is -2.47. The normalized spacial score (nSPS) is 22.5. The van der Waals surface area contributed by atoms with E-state index in [4.69, 9.17) is 9.47 Å². The molecule has 1 saturated carbocycles. The number of hydrogen-bond acceptors (Lipinski definition) is 3. The topological polar surface area (TPSA) is 35.5 Å². The van der Waals surface area contributed by atoms with Crippen molar-refractivity contribution in [2.75, 3.05) is 20.3 Å². The van der Waals surface area contributed by atoms with Crippen molar-refractivity contribution in [2.45, 2.75) is 18.3 Å². The molecule has 0 aromatic heterocycles. The Morgan fingerprint density at radius 3 is 2.47 bits per heavy atom. The Morgan fingerprint density at radius 2 is 2.00 bits per heavy atom. The largest absolute Gasteiger partial charge is 0.469 e. The van der Waals surface area contributed by atoms with Crippen LogP contribution in [0, 0.1) is 17.0 Å². The second-order valence-corrected chi connectivity index (χ2v) is 5.27. The van der Waals surface area contributed by atoms with Crippen LogP contribution in [0.25, 0.3) is 0 Å². The van der Waals surface area contributed by atoms with Gasteiger partial charge in [0.2, 0.25) is 0 Å². The fourth-order valence-corrected chi connectivity index (χ4v) is 3.06. The number of rotatable bonds is 3. The van der Waals surface area contributed by atoms with Crippen LogP contribution >= 0.6 is 0 Å². The molecule has 5 heteroatoms. The Hall–Kier alpha value is -1.49. The maximum absolute atomic E-state index is 14.0. The van der Waals surface area contributed by atoms with Crippen molar-refractivity contribution in [2.24, 2.45) is 5.41 Å². The average Bonchev–Trinajstić information content (AvgIpc) is 3.13. The lowest BCUT2D eigenvalue weighted by molar-refractivity contribution is -0.165. The molecule has 0 amide bonds. The van der Waals surface area contributed by atoms with E-state index in [0.717, 1.165) is 12.1 Å². The molecule has 2 aliphatic rings. The predicted molar refractivity (Wildman–Crippen MR) is 62.5 cm³/mol. The SMILES string of the molecule is COC(=O)C1(C2(c3cc(F)ccc3F)COC2)CC1. The van der Waals surface area contributed by atoms with E-state index in [1.807, 2.05) is 0 Å². The van der Waals surface area contributed by atoms with Gasteiger partial charge in [0.25, 0.3) is 0 Å². The molecule has 1 heterocycles. The average molecular weight is 268 g/mol. The molecule has 1 aliphatic carbocycles. The van der Waals surface area contributed by atoms with Crippen LogP contribution in [0.2, 0.25) is 0 Å². The zero-order valence-corrected chi connectivity index (χ0v) is 10.5. The van der Waals surface area contributed by atoms with E-state index >= 15 is 0 Å². The monoisotopic (exact) mass is 268 g/mol. The Balaban J connectivity index is 2.09. The maximum Gasteiger partial charge on any atom is 0.312 e. The molecule has 19 heavy (non-hydrogen) atoms. The third kappa shape index (κ3) is 1.54. The van der Waals surface area contributed by atoms with Crippen LogP contribution in [0.1, 0.15) is 18.4 Å². The molecule has 3 rings (SSSR count). The van der Waals surface area contributed by atoms with Gasteiger partial charge in [0, 0.05) is 5.56 Å². The molecule has 0 N–H and O–H groups in total. The van der Waals surface area contributed by atoms with Gasteiger partial charge in [-0.1, -0.05) is 0 Å². The van der Waals surface area contributed by atoms with Gasteiger partial charge in [0.15, 0.2) is 0 Å². The molecule has 0 bridgehead atoms. The fourth-order valence-electron chi connectivity index (χ4n) is 3.06. The molecular formula is C14H14F2O3. The maximum atomic E-state index is 14.0. The van der Waals surface area contributed by atoms with Gasteiger partial charge in [-0.25, -0.2) is 8.78 Å². The molecule has 2 fully saturated rings. The van der Waals surface area contributed by atoms with E-state index in [9.17, 15) is 13.6 Å². The number of esters is 1. The number of ether oxygens (including phenoxy) is 2. The second kappa shape index (κ2) is 4.00. The van der Waals surface area contributed by atoms with Crippen molar-refractivity contribution in [3.63, 3.8) is 0 Å². The number of hydrogen-bond donors (Lipinski definition) is 0. The lowest BCUT2D eigenvalue weighted by Crippen LogP contribution is -2.57. The Morgan fingerprint density at radius 1 is 1.32 bits per heavy atom. The van der Waals surface area contributed by atoms with Crippen molar-refractivity contribution in [3.05, 3.63) is 35.4 Å². The van der Waals surface area contributed by atoms with Gasteiger partial charge in [0.05, 0.1) is 31.2 Å². The van der Waals surface area contributed by atoms with Crippen LogP contribution < -0.4 is 0 Å². The highest BCUT2D eigenvalue weighted by atomic mass is 19.1. The predicted octanol–water partition coefficient (Wildman–Crippen LogP) is 2.19. The van der Waals surface area contributed by atoms with Crippen molar-refractivity contribution in [1.82, 2.24) is 0 Å². The quantitative estimate of drug-likeness (QED) is 0.788. The summed E-state index contributed by atoms with van der Waals surface area (Å²) in [4.78, 5) is 12.0. The minimum Gasteiger partial charge on any atom is -0.469 e.